The van der Waals surface area contributed by atoms with Crippen LogP contribution in [-0.4, -0.2) is 36.6 Å². The molecule has 0 N–H and O–H groups in total. The van der Waals surface area contributed by atoms with Crippen LogP contribution >= 0.6 is 0 Å². The van der Waals surface area contributed by atoms with E-state index in [2.05, 4.69) is 0 Å². The maximum atomic E-state index is 13.3. The highest BCUT2D eigenvalue weighted by Crippen LogP contribution is 2.18. The molecular weight excluding hydrogens is 408 g/mol. The molecular formula is C25H28N2O3S. The van der Waals surface area contributed by atoms with Crippen molar-refractivity contribution >= 4 is 15.9 Å². The predicted molar refractivity (Wildman–Crippen MR) is 123 cm³/mol. The number of sulfonamides is 1. The van der Waals surface area contributed by atoms with Crippen molar-refractivity contribution in [3.8, 4) is 0 Å². The topological polar surface area (TPSA) is 57.7 Å². The van der Waals surface area contributed by atoms with E-state index in [1.165, 1.54) is 4.31 Å². The molecule has 0 spiro atoms. The molecule has 5 nitrogen and oxygen atoms in total. The third-order valence-electron chi connectivity index (χ3n) is 5.11. The minimum atomic E-state index is -3.76. The highest BCUT2D eigenvalue weighted by molar-refractivity contribution is 7.89. The lowest BCUT2D eigenvalue weighted by Crippen LogP contribution is -2.42. The number of carbonyl (C=O) groups excluding carboxylic acids is 1. The molecule has 0 radical (unpaired) electrons. The Bertz CT molecular complexity index is 1040. The third-order valence-corrected chi connectivity index (χ3v) is 7.04. The van der Waals surface area contributed by atoms with Gasteiger partial charge in [-0.25, -0.2) is 8.42 Å². The molecule has 3 rings (SSSR count). The first kappa shape index (κ1) is 22.7. The Hall–Kier alpha value is -2.96. The van der Waals surface area contributed by atoms with E-state index in [4.69, 9.17) is 0 Å². The van der Waals surface area contributed by atoms with Gasteiger partial charge in [0, 0.05) is 19.6 Å². The van der Waals surface area contributed by atoms with Gasteiger partial charge in [-0.1, -0.05) is 85.3 Å². The summed E-state index contributed by atoms with van der Waals surface area (Å²) in [5.41, 5.74) is 2.97. The number of aryl methyl sites for hydroxylation is 1. The molecule has 0 aliphatic heterocycles. The van der Waals surface area contributed by atoms with Crippen molar-refractivity contribution in [3.63, 3.8) is 0 Å². The number of rotatable bonds is 9. The minimum absolute atomic E-state index is 0.199. The van der Waals surface area contributed by atoms with Crippen molar-refractivity contribution in [2.75, 3.05) is 13.1 Å². The van der Waals surface area contributed by atoms with E-state index in [0.717, 1.165) is 16.7 Å². The van der Waals surface area contributed by atoms with E-state index in [-0.39, 0.29) is 23.9 Å². The Balaban J connectivity index is 1.82. The van der Waals surface area contributed by atoms with Crippen LogP contribution in [0, 0.1) is 6.92 Å². The molecule has 0 fully saturated rings. The second kappa shape index (κ2) is 10.4. The molecule has 0 heterocycles. The van der Waals surface area contributed by atoms with Gasteiger partial charge in [0.05, 0.1) is 11.4 Å². The van der Waals surface area contributed by atoms with Gasteiger partial charge in [-0.15, -0.1) is 0 Å². The molecule has 3 aromatic carbocycles. The fraction of sp³-hybridized carbons (Fsp3) is 0.240. The molecule has 0 saturated heterocycles. The summed E-state index contributed by atoms with van der Waals surface area (Å²) in [6.45, 7) is 4.49. The molecule has 31 heavy (non-hydrogen) atoms. The number of carbonyl (C=O) groups is 1. The largest absolute Gasteiger partial charge is 0.333 e. The van der Waals surface area contributed by atoms with Gasteiger partial charge < -0.3 is 4.90 Å². The molecule has 162 valence electrons. The number of nitrogens with zero attached hydrogens (tertiary/aromatic N) is 2. The van der Waals surface area contributed by atoms with Crippen molar-refractivity contribution in [2.24, 2.45) is 0 Å². The number of likely N-dealkylation sites (N-methyl/N-ethyl adjacent to an activating group) is 1. The highest BCUT2D eigenvalue weighted by atomic mass is 32.2. The Kier molecular flexibility index (Phi) is 7.60. The van der Waals surface area contributed by atoms with Crippen molar-refractivity contribution < 1.29 is 13.2 Å². The average molecular weight is 437 g/mol. The Morgan fingerprint density at radius 2 is 1.26 bits per heavy atom. The standard InChI is InChI=1S/C25H28N2O3S/c1-3-27(31(29,30)24-16-14-21(2)15-17-24)20-25(28)26(18-22-10-6-4-7-11-22)19-23-12-8-5-9-13-23/h4-17H,3,18-20H2,1-2H3. The van der Waals surface area contributed by atoms with Crippen LogP contribution in [0.3, 0.4) is 0 Å². The summed E-state index contributed by atoms with van der Waals surface area (Å²) < 4.78 is 27.4. The first-order valence-corrected chi connectivity index (χ1v) is 11.8. The molecule has 3 aromatic rings. The van der Waals surface area contributed by atoms with Crippen molar-refractivity contribution in [3.05, 3.63) is 102 Å². The zero-order valence-corrected chi connectivity index (χ0v) is 18.8. The molecule has 0 unspecified atom stereocenters. The van der Waals surface area contributed by atoms with Crippen LogP contribution in [0.2, 0.25) is 0 Å². The molecule has 1 amide bonds. The third kappa shape index (κ3) is 6.03. The van der Waals surface area contributed by atoms with Crippen LogP contribution in [-0.2, 0) is 27.9 Å². The number of amides is 1. The van der Waals surface area contributed by atoms with Gasteiger partial charge in [-0.2, -0.15) is 4.31 Å². The smallest absolute Gasteiger partial charge is 0.243 e. The van der Waals surface area contributed by atoms with E-state index in [1.807, 2.05) is 67.6 Å². The Labute approximate surface area is 185 Å². The van der Waals surface area contributed by atoms with E-state index in [1.54, 1.807) is 36.1 Å². The summed E-state index contributed by atoms with van der Waals surface area (Å²) in [6.07, 6.45) is 0. The van der Waals surface area contributed by atoms with Gasteiger partial charge in [0.15, 0.2) is 0 Å². The maximum Gasteiger partial charge on any atom is 0.243 e. The quantitative estimate of drug-likeness (QED) is 0.504. The summed E-state index contributed by atoms with van der Waals surface area (Å²) in [5, 5.41) is 0. The zero-order chi connectivity index (χ0) is 22.3. The van der Waals surface area contributed by atoms with E-state index >= 15 is 0 Å². The van der Waals surface area contributed by atoms with Crippen molar-refractivity contribution in [2.45, 2.75) is 31.8 Å². The van der Waals surface area contributed by atoms with Crippen LogP contribution < -0.4 is 0 Å². The average Bonchev–Trinajstić information content (AvgIpc) is 2.78. The van der Waals surface area contributed by atoms with Crippen molar-refractivity contribution in [1.29, 1.82) is 0 Å². The van der Waals surface area contributed by atoms with E-state index < -0.39 is 10.0 Å². The summed E-state index contributed by atoms with van der Waals surface area (Å²) in [7, 11) is -3.76. The van der Waals surface area contributed by atoms with E-state index in [9.17, 15) is 13.2 Å². The fourth-order valence-corrected chi connectivity index (χ4v) is 4.72. The van der Waals surface area contributed by atoms with Gasteiger partial charge in [-0.05, 0) is 30.2 Å². The van der Waals surface area contributed by atoms with Gasteiger partial charge >= 0.3 is 0 Å². The molecule has 0 aliphatic carbocycles. The second-order valence-corrected chi connectivity index (χ2v) is 9.40. The van der Waals surface area contributed by atoms with E-state index in [0.29, 0.717) is 13.1 Å². The SMILES string of the molecule is CCN(CC(=O)N(Cc1ccccc1)Cc1ccccc1)S(=O)(=O)c1ccc(C)cc1. The minimum Gasteiger partial charge on any atom is -0.333 e. The molecule has 0 aromatic heterocycles. The van der Waals surface area contributed by atoms with Crippen LogP contribution in [0.4, 0.5) is 0 Å². The molecule has 0 bridgehead atoms. The second-order valence-electron chi connectivity index (χ2n) is 7.47. The number of hydrogen-bond donors (Lipinski definition) is 0. The van der Waals surface area contributed by atoms with Gasteiger partial charge in [-0.3, -0.25) is 4.79 Å². The predicted octanol–water partition coefficient (Wildman–Crippen LogP) is 4.23. The van der Waals surface area contributed by atoms with Gasteiger partial charge in [0.1, 0.15) is 0 Å². The van der Waals surface area contributed by atoms with Gasteiger partial charge in [0.25, 0.3) is 0 Å². The molecule has 0 atom stereocenters. The first-order valence-electron chi connectivity index (χ1n) is 10.3. The first-order chi connectivity index (χ1) is 14.9. The Morgan fingerprint density at radius 3 is 1.71 bits per heavy atom. The summed E-state index contributed by atoms with van der Waals surface area (Å²) in [5.74, 6) is -0.231. The number of benzene rings is 3. The fourth-order valence-electron chi connectivity index (χ4n) is 3.32. The highest BCUT2D eigenvalue weighted by Gasteiger charge is 2.27. The lowest BCUT2D eigenvalue weighted by Gasteiger charge is -2.27. The van der Waals surface area contributed by atoms with Crippen LogP contribution in [0.15, 0.2) is 89.8 Å². The zero-order valence-electron chi connectivity index (χ0n) is 17.9. The molecule has 0 aliphatic rings. The van der Waals surface area contributed by atoms with Crippen LogP contribution in [0.5, 0.6) is 0 Å². The van der Waals surface area contributed by atoms with Crippen LogP contribution in [0.25, 0.3) is 0 Å². The lowest BCUT2D eigenvalue weighted by molar-refractivity contribution is -0.132. The maximum absolute atomic E-state index is 13.3. The monoisotopic (exact) mass is 436 g/mol. The summed E-state index contributed by atoms with van der Waals surface area (Å²) in [4.78, 5) is 15.2. The summed E-state index contributed by atoms with van der Waals surface area (Å²) in [6, 6.07) is 26.1. The summed E-state index contributed by atoms with van der Waals surface area (Å²) >= 11 is 0. The van der Waals surface area contributed by atoms with Crippen molar-refractivity contribution in [1.82, 2.24) is 9.21 Å². The van der Waals surface area contributed by atoms with Crippen LogP contribution in [0.1, 0.15) is 23.6 Å². The Morgan fingerprint density at radius 1 is 0.774 bits per heavy atom. The normalized spacial score (nSPS) is 11.5. The number of hydrogen-bond acceptors (Lipinski definition) is 3. The molecule has 0 saturated carbocycles. The van der Waals surface area contributed by atoms with Gasteiger partial charge in [0.2, 0.25) is 15.9 Å². The lowest BCUT2D eigenvalue weighted by atomic mass is 10.1. The molecule has 6 heteroatoms.